The van der Waals surface area contributed by atoms with Gasteiger partial charge in [0.25, 0.3) is 0 Å². The first kappa shape index (κ1) is 18.1. The number of methoxy groups -OCH3 is 1. The molecule has 0 aliphatic rings. The summed E-state index contributed by atoms with van der Waals surface area (Å²) < 4.78 is 6.68. The van der Waals surface area contributed by atoms with Gasteiger partial charge in [-0.25, -0.2) is 9.78 Å². The molecular formula is C21H24N2O3. The van der Waals surface area contributed by atoms with Crippen LogP contribution in [-0.2, 0) is 17.4 Å². The van der Waals surface area contributed by atoms with Crippen LogP contribution in [0.3, 0.4) is 0 Å². The first-order chi connectivity index (χ1) is 12.3. The van der Waals surface area contributed by atoms with Gasteiger partial charge < -0.3 is 14.4 Å². The molecule has 5 heteroatoms. The smallest absolute Gasteiger partial charge is 0.338 e. The summed E-state index contributed by atoms with van der Waals surface area (Å²) >= 11 is 0. The van der Waals surface area contributed by atoms with Crippen LogP contribution in [0.4, 0.5) is 0 Å². The van der Waals surface area contributed by atoms with Crippen molar-refractivity contribution >= 4 is 16.7 Å². The van der Waals surface area contributed by atoms with Crippen LogP contribution in [0.1, 0.15) is 41.0 Å². The predicted molar refractivity (Wildman–Crippen MR) is 101 cm³/mol. The van der Waals surface area contributed by atoms with Crippen molar-refractivity contribution in [2.75, 3.05) is 7.11 Å². The van der Waals surface area contributed by atoms with Crippen LogP contribution in [-0.4, -0.2) is 27.7 Å². The van der Waals surface area contributed by atoms with E-state index in [1.54, 1.807) is 6.33 Å². The number of esters is 1. The largest absolute Gasteiger partial charge is 0.465 e. The summed E-state index contributed by atoms with van der Waals surface area (Å²) in [6, 6.07) is 9.57. The monoisotopic (exact) mass is 352 g/mol. The third-order valence-corrected chi connectivity index (χ3v) is 4.96. The van der Waals surface area contributed by atoms with Crippen molar-refractivity contribution in [1.29, 1.82) is 0 Å². The van der Waals surface area contributed by atoms with Crippen LogP contribution in [0.2, 0.25) is 0 Å². The van der Waals surface area contributed by atoms with Crippen molar-refractivity contribution in [3.05, 3.63) is 65.2 Å². The number of hydrogen-bond acceptors (Lipinski definition) is 4. The van der Waals surface area contributed by atoms with Gasteiger partial charge in [-0.15, -0.1) is 0 Å². The maximum Gasteiger partial charge on any atom is 0.338 e. The number of ether oxygens (including phenoxy) is 1. The Hall–Kier alpha value is -2.66. The molecule has 0 radical (unpaired) electrons. The number of aromatic nitrogens is 2. The number of aliphatic hydroxyl groups is 1. The molecule has 3 rings (SSSR count). The Bertz CT molecular complexity index is 975. The van der Waals surface area contributed by atoms with Gasteiger partial charge in [0.1, 0.15) is 5.60 Å². The Morgan fingerprint density at radius 1 is 1.23 bits per heavy atom. The predicted octanol–water partition coefficient (Wildman–Crippen LogP) is 3.56. The van der Waals surface area contributed by atoms with Crippen LogP contribution < -0.4 is 0 Å². The number of rotatable bonds is 4. The highest BCUT2D eigenvalue weighted by Crippen LogP contribution is 2.37. The van der Waals surface area contributed by atoms with Crippen LogP contribution in [0.15, 0.2) is 42.9 Å². The summed E-state index contributed by atoms with van der Waals surface area (Å²) in [5, 5.41) is 13.4. The summed E-state index contributed by atoms with van der Waals surface area (Å²) in [6.07, 6.45) is 3.53. The van der Waals surface area contributed by atoms with E-state index in [1.807, 2.05) is 68.9 Å². The number of imidazole rings is 1. The number of carbonyl (C=O) groups is 1. The summed E-state index contributed by atoms with van der Waals surface area (Å²) in [6.45, 7) is 5.83. The van der Waals surface area contributed by atoms with Crippen molar-refractivity contribution in [3.8, 4) is 0 Å². The van der Waals surface area contributed by atoms with Crippen molar-refractivity contribution in [2.45, 2.75) is 26.4 Å². The number of benzene rings is 2. The molecule has 1 aromatic heterocycles. The fourth-order valence-corrected chi connectivity index (χ4v) is 3.37. The second-order valence-electron chi connectivity index (χ2n) is 7.07. The van der Waals surface area contributed by atoms with E-state index >= 15 is 0 Å². The highest BCUT2D eigenvalue weighted by Gasteiger charge is 2.37. The zero-order valence-corrected chi connectivity index (χ0v) is 15.8. The van der Waals surface area contributed by atoms with E-state index in [-0.39, 0.29) is 11.9 Å². The number of fused-ring (bicyclic) bond motifs is 1. The third kappa shape index (κ3) is 2.88. The molecule has 136 valence electrons. The first-order valence-corrected chi connectivity index (χ1v) is 8.61. The van der Waals surface area contributed by atoms with E-state index in [2.05, 4.69) is 4.98 Å². The van der Waals surface area contributed by atoms with Crippen molar-refractivity contribution in [3.63, 3.8) is 0 Å². The first-order valence-electron chi connectivity index (χ1n) is 8.61. The molecule has 1 N–H and O–H groups in total. The minimum atomic E-state index is -1.19. The average Bonchev–Trinajstić information content (AvgIpc) is 3.05. The number of hydrogen-bond donors (Lipinski definition) is 1. The van der Waals surface area contributed by atoms with Gasteiger partial charge in [-0.1, -0.05) is 32.0 Å². The lowest BCUT2D eigenvalue weighted by atomic mass is 9.80. The molecule has 0 saturated carbocycles. The number of carbonyl (C=O) groups excluding carboxylic acids is 1. The molecule has 5 nitrogen and oxygen atoms in total. The van der Waals surface area contributed by atoms with Gasteiger partial charge in [-0.2, -0.15) is 0 Å². The Kier molecular flexibility index (Phi) is 4.59. The van der Waals surface area contributed by atoms with Crippen LogP contribution >= 0.6 is 0 Å². The Labute approximate surface area is 153 Å². The summed E-state index contributed by atoms with van der Waals surface area (Å²) in [4.78, 5) is 16.3. The molecule has 2 aromatic carbocycles. The minimum absolute atomic E-state index is 0.0645. The molecule has 0 bridgehead atoms. The lowest BCUT2D eigenvalue weighted by Crippen LogP contribution is -2.33. The maximum absolute atomic E-state index is 11.9. The van der Waals surface area contributed by atoms with Gasteiger partial charge in [0.2, 0.25) is 0 Å². The zero-order valence-electron chi connectivity index (χ0n) is 15.8. The second-order valence-corrected chi connectivity index (χ2v) is 7.07. The quantitative estimate of drug-likeness (QED) is 0.729. The van der Waals surface area contributed by atoms with Crippen molar-refractivity contribution in [1.82, 2.24) is 9.55 Å². The minimum Gasteiger partial charge on any atom is -0.465 e. The maximum atomic E-state index is 11.9. The molecule has 1 unspecified atom stereocenters. The van der Waals surface area contributed by atoms with Gasteiger partial charge in [-0.05, 0) is 46.9 Å². The molecule has 0 aliphatic carbocycles. The second kappa shape index (κ2) is 6.57. The highest BCUT2D eigenvalue weighted by atomic mass is 16.5. The SMILES string of the molecule is COC(=O)c1cc2ccc(C(O)(c3cn(C)cn3)C(C)C)cc2cc1C. The number of nitrogens with zero attached hydrogens (tertiary/aromatic N) is 2. The van der Waals surface area contributed by atoms with E-state index in [4.69, 9.17) is 4.74 Å². The average molecular weight is 352 g/mol. The molecule has 0 fully saturated rings. The van der Waals surface area contributed by atoms with Gasteiger partial charge in [0, 0.05) is 13.2 Å². The molecule has 0 spiro atoms. The summed E-state index contributed by atoms with van der Waals surface area (Å²) in [5.41, 5.74) is 1.61. The van der Waals surface area contributed by atoms with Gasteiger partial charge in [0.15, 0.2) is 0 Å². The van der Waals surface area contributed by atoms with E-state index in [1.165, 1.54) is 7.11 Å². The number of aryl methyl sites for hydroxylation is 2. The standard InChI is InChI=1S/C21H24N2O3/c1-13(2)21(25,19-11-23(4)12-22-19)17-7-6-15-10-18(20(24)26-5)14(3)8-16(15)9-17/h6-13,25H,1-5H3. The fraction of sp³-hybridized carbons (Fsp3) is 0.333. The van der Waals surface area contributed by atoms with E-state index < -0.39 is 5.60 Å². The lowest BCUT2D eigenvalue weighted by Gasteiger charge is -2.31. The Balaban J connectivity index is 2.17. The molecule has 1 heterocycles. The van der Waals surface area contributed by atoms with Crippen molar-refractivity contribution in [2.24, 2.45) is 13.0 Å². The van der Waals surface area contributed by atoms with E-state index in [9.17, 15) is 9.90 Å². The van der Waals surface area contributed by atoms with Crippen molar-refractivity contribution < 1.29 is 14.6 Å². The molecule has 0 saturated heterocycles. The molecule has 0 amide bonds. The normalized spacial score (nSPS) is 13.8. The Morgan fingerprint density at radius 2 is 1.96 bits per heavy atom. The van der Waals surface area contributed by atoms with Crippen LogP contribution in [0.25, 0.3) is 10.8 Å². The Morgan fingerprint density at radius 3 is 2.54 bits per heavy atom. The third-order valence-electron chi connectivity index (χ3n) is 4.96. The summed E-state index contributed by atoms with van der Waals surface area (Å²) in [5.74, 6) is -0.411. The van der Waals surface area contributed by atoms with Crippen LogP contribution in [0.5, 0.6) is 0 Å². The molecular weight excluding hydrogens is 328 g/mol. The molecule has 0 aliphatic heterocycles. The van der Waals surface area contributed by atoms with E-state index in [0.29, 0.717) is 11.3 Å². The lowest BCUT2D eigenvalue weighted by molar-refractivity contribution is 0.0280. The fourth-order valence-electron chi connectivity index (χ4n) is 3.37. The molecule has 26 heavy (non-hydrogen) atoms. The topological polar surface area (TPSA) is 64.3 Å². The van der Waals surface area contributed by atoms with Gasteiger partial charge in [-0.3, -0.25) is 0 Å². The highest BCUT2D eigenvalue weighted by molar-refractivity contribution is 5.97. The van der Waals surface area contributed by atoms with Gasteiger partial charge >= 0.3 is 5.97 Å². The molecule has 3 aromatic rings. The zero-order chi connectivity index (χ0) is 19.1. The van der Waals surface area contributed by atoms with Gasteiger partial charge in [0.05, 0.1) is 24.7 Å². The summed E-state index contributed by atoms with van der Waals surface area (Å²) in [7, 11) is 3.26. The van der Waals surface area contributed by atoms with E-state index in [0.717, 1.165) is 21.9 Å². The molecule has 1 atom stereocenters. The van der Waals surface area contributed by atoms with Crippen LogP contribution in [0, 0.1) is 12.8 Å².